The largest absolute Gasteiger partial charge is 0.478 e. The highest BCUT2D eigenvalue weighted by molar-refractivity contribution is 6.17. The van der Waals surface area contributed by atoms with E-state index in [4.69, 9.17) is 9.84 Å². The zero-order valence-electron chi connectivity index (χ0n) is 10.8. The van der Waals surface area contributed by atoms with Gasteiger partial charge in [0, 0.05) is 6.08 Å². The Hall–Kier alpha value is -2.47. The summed E-state index contributed by atoms with van der Waals surface area (Å²) in [6.45, 7) is 1.54. The molecule has 1 saturated heterocycles. The minimum atomic E-state index is -1.04. The lowest BCUT2D eigenvalue weighted by molar-refractivity contribution is -0.138. The van der Waals surface area contributed by atoms with E-state index in [1.165, 1.54) is 6.08 Å². The summed E-state index contributed by atoms with van der Waals surface area (Å²) in [5.74, 6) is -1.85. The number of morpholine rings is 1. The van der Waals surface area contributed by atoms with Gasteiger partial charge in [0.05, 0.1) is 5.69 Å². The molecule has 2 amide bonds. The molecule has 0 aliphatic carbocycles. The number of carboxylic acids is 1. The molecule has 20 heavy (non-hydrogen) atoms. The highest BCUT2D eigenvalue weighted by Gasteiger charge is 2.28. The minimum Gasteiger partial charge on any atom is -0.478 e. The Morgan fingerprint density at radius 1 is 1.30 bits per heavy atom. The average Bonchev–Trinajstić information content (AvgIpc) is 2.37. The molecule has 1 aliphatic heterocycles. The molecule has 0 unspecified atom stereocenters. The van der Waals surface area contributed by atoms with Gasteiger partial charge in [0.1, 0.15) is 13.2 Å². The lowest BCUT2D eigenvalue weighted by Crippen LogP contribution is -2.46. The second-order valence-electron chi connectivity index (χ2n) is 4.33. The predicted molar refractivity (Wildman–Crippen MR) is 71.2 cm³/mol. The Bertz CT molecular complexity index is 590. The van der Waals surface area contributed by atoms with E-state index in [9.17, 15) is 14.4 Å². The third-order valence-corrected chi connectivity index (χ3v) is 2.87. The highest BCUT2D eigenvalue weighted by atomic mass is 16.5. The first-order valence-corrected chi connectivity index (χ1v) is 5.94. The van der Waals surface area contributed by atoms with Gasteiger partial charge in [-0.2, -0.15) is 0 Å². The molecule has 1 aromatic carbocycles. The van der Waals surface area contributed by atoms with Crippen molar-refractivity contribution >= 4 is 29.5 Å². The van der Waals surface area contributed by atoms with Crippen molar-refractivity contribution in [3.63, 3.8) is 0 Å². The molecular formula is C14H13NO5. The van der Waals surface area contributed by atoms with E-state index in [2.05, 4.69) is 0 Å². The number of rotatable bonds is 3. The minimum absolute atomic E-state index is 0.120. The second kappa shape index (κ2) is 5.66. The summed E-state index contributed by atoms with van der Waals surface area (Å²) in [7, 11) is 0. The Balaban J connectivity index is 2.30. The van der Waals surface area contributed by atoms with Crippen LogP contribution in [0.2, 0.25) is 0 Å². The Labute approximate surface area is 115 Å². The quantitative estimate of drug-likeness (QED) is 0.656. The van der Waals surface area contributed by atoms with Crippen molar-refractivity contribution in [1.82, 2.24) is 0 Å². The topological polar surface area (TPSA) is 83.9 Å². The van der Waals surface area contributed by atoms with Crippen molar-refractivity contribution in [3.05, 3.63) is 35.4 Å². The fourth-order valence-electron chi connectivity index (χ4n) is 1.93. The van der Waals surface area contributed by atoms with E-state index in [-0.39, 0.29) is 13.2 Å². The van der Waals surface area contributed by atoms with Crippen LogP contribution in [-0.2, 0) is 19.1 Å². The molecule has 1 aromatic rings. The molecule has 0 radical (unpaired) electrons. The van der Waals surface area contributed by atoms with Gasteiger partial charge in [0.25, 0.3) is 11.8 Å². The van der Waals surface area contributed by atoms with Gasteiger partial charge in [-0.05, 0) is 36.3 Å². The molecule has 104 valence electrons. The SMILES string of the molecule is Cc1cc(N2C(=O)COCC2=O)ccc1C=CC(=O)O. The molecule has 6 heteroatoms. The fourth-order valence-corrected chi connectivity index (χ4v) is 1.93. The van der Waals surface area contributed by atoms with Crippen molar-refractivity contribution in [2.75, 3.05) is 18.1 Å². The van der Waals surface area contributed by atoms with Gasteiger partial charge in [0.15, 0.2) is 0 Å². The summed E-state index contributed by atoms with van der Waals surface area (Å²) in [6, 6.07) is 4.94. The van der Waals surface area contributed by atoms with Gasteiger partial charge < -0.3 is 9.84 Å². The van der Waals surface area contributed by atoms with Gasteiger partial charge in [-0.3, -0.25) is 9.59 Å². The standard InChI is InChI=1S/C14H13NO5/c1-9-6-11(4-2-10(9)3-5-14(18)19)15-12(16)7-20-8-13(15)17/h2-6H,7-8H2,1H3,(H,18,19). The van der Waals surface area contributed by atoms with E-state index in [1.807, 2.05) is 0 Å². The van der Waals surface area contributed by atoms with Crippen LogP contribution in [0.4, 0.5) is 5.69 Å². The number of nitrogens with zero attached hydrogens (tertiary/aromatic N) is 1. The molecule has 6 nitrogen and oxygen atoms in total. The summed E-state index contributed by atoms with van der Waals surface area (Å²) in [5.41, 5.74) is 1.95. The number of anilines is 1. The van der Waals surface area contributed by atoms with Crippen molar-refractivity contribution in [2.45, 2.75) is 6.92 Å². The van der Waals surface area contributed by atoms with E-state index in [0.717, 1.165) is 16.5 Å². The van der Waals surface area contributed by atoms with E-state index in [1.54, 1.807) is 25.1 Å². The van der Waals surface area contributed by atoms with Gasteiger partial charge in [-0.25, -0.2) is 9.69 Å². The molecule has 0 spiro atoms. The van der Waals surface area contributed by atoms with Crippen LogP contribution in [0.5, 0.6) is 0 Å². The van der Waals surface area contributed by atoms with E-state index >= 15 is 0 Å². The molecule has 2 rings (SSSR count). The highest BCUT2D eigenvalue weighted by Crippen LogP contribution is 2.22. The molecule has 1 heterocycles. The maximum atomic E-state index is 11.7. The summed E-state index contributed by atoms with van der Waals surface area (Å²) in [6.07, 6.45) is 2.50. The number of aryl methyl sites for hydroxylation is 1. The maximum absolute atomic E-state index is 11.7. The van der Waals surface area contributed by atoms with Gasteiger partial charge in [-0.1, -0.05) is 6.07 Å². The van der Waals surface area contributed by atoms with Crippen LogP contribution in [0.1, 0.15) is 11.1 Å². The van der Waals surface area contributed by atoms with Crippen LogP contribution >= 0.6 is 0 Å². The Morgan fingerprint density at radius 2 is 1.95 bits per heavy atom. The third kappa shape index (κ3) is 2.92. The maximum Gasteiger partial charge on any atom is 0.328 e. The number of imide groups is 1. The summed E-state index contributed by atoms with van der Waals surface area (Å²) in [4.78, 5) is 35.0. The van der Waals surface area contributed by atoms with E-state index in [0.29, 0.717) is 11.3 Å². The lowest BCUT2D eigenvalue weighted by Gasteiger charge is -2.25. The molecule has 1 fully saturated rings. The zero-order chi connectivity index (χ0) is 14.7. The third-order valence-electron chi connectivity index (χ3n) is 2.87. The molecule has 1 N–H and O–H groups in total. The number of benzene rings is 1. The lowest BCUT2D eigenvalue weighted by atomic mass is 10.1. The molecule has 0 saturated carbocycles. The van der Waals surface area contributed by atoms with Crippen LogP contribution in [0, 0.1) is 6.92 Å². The molecule has 0 bridgehead atoms. The number of carboxylic acid groups (broad SMARTS) is 1. The van der Waals surface area contributed by atoms with Crippen molar-refractivity contribution in [3.8, 4) is 0 Å². The number of ether oxygens (including phenoxy) is 1. The first-order valence-electron chi connectivity index (χ1n) is 5.94. The van der Waals surface area contributed by atoms with Crippen molar-refractivity contribution in [2.24, 2.45) is 0 Å². The summed E-state index contributed by atoms with van der Waals surface area (Å²) < 4.78 is 4.85. The van der Waals surface area contributed by atoms with Crippen LogP contribution in [0.3, 0.4) is 0 Å². The van der Waals surface area contributed by atoms with Crippen LogP contribution in [-0.4, -0.2) is 36.1 Å². The number of carbonyl (C=O) groups excluding carboxylic acids is 2. The summed E-state index contributed by atoms with van der Waals surface area (Å²) in [5, 5.41) is 8.60. The van der Waals surface area contributed by atoms with Crippen LogP contribution in [0.25, 0.3) is 6.08 Å². The monoisotopic (exact) mass is 275 g/mol. The van der Waals surface area contributed by atoms with Crippen molar-refractivity contribution < 1.29 is 24.2 Å². The van der Waals surface area contributed by atoms with Gasteiger partial charge in [0.2, 0.25) is 0 Å². The van der Waals surface area contributed by atoms with Crippen LogP contribution in [0.15, 0.2) is 24.3 Å². The number of amides is 2. The summed E-state index contributed by atoms with van der Waals surface area (Å²) >= 11 is 0. The fraction of sp³-hybridized carbons (Fsp3) is 0.214. The van der Waals surface area contributed by atoms with Crippen LogP contribution < -0.4 is 4.90 Å². The Morgan fingerprint density at radius 3 is 2.50 bits per heavy atom. The average molecular weight is 275 g/mol. The number of hydrogen-bond donors (Lipinski definition) is 1. The second-order valence-corrected chi connectivity index (χ2v) is 4.33. The smallest absolute Gasteiger partial charge is 0.328 e. The van der Waals surface area contributed by atoms with Gasteiger partial charge >= 0.3 is 5.97 Å². The molecule has 0 aromatic heterocycles. The molecular weight excluding hydrogens is 262 g/mol. The van der Waals surface area contributed by atoms with E-state index < -0.39 is 17.8 Å². The normalized spacial score (nSPS) is 15.9. The van der Waals surface area contributed by atoms with Crippen molar-refractivity contribution in [1.29, 1.82) is 0 Å². The number of hydrogen-bond acceptors (Lipinski definition) is 4. The zero-order valence-corrected chi connectivity index (χ0v) is 10.8. The molecule has 1 aliphatic rings. The first-order chi connectivity index (χ1) is 9.49. The van der Waals surface area contributed by atoms with Gasteiger partial charge in [-0.15, -0.1) is 0 Å². The number of carbonyl (C=O) groups is 3. The predicted octanol–water partition coefficient (Wildman–Crippen LogP) is 0.983. The molecule has 0 atom stereocenters. The Kier molecular flexibility index (Phi) is 3.95. The number of aliphatic carboxylic acids is 1. The first kappa shape index (κ1) is 14.0.